The second-order valence-corrected chi connectivity index (χ2v) is 4.57. The smallest absolute Gasteiger partial charge is 0.265 e. The number of primary amides is 1. The molecule has 0 unspecified atom stereocenters. The van der Waals surface area contributed by atoms with E-state index < -0.39 is 11.8 Å². The lowest BCUT2D eigenvalue weighted by atomic mass is 10.2. The van der Waals surface area contributed by atoms with Gasteiger partial charge in [0.15, 0.2) is 0 Å². The predicted molar refractivity (Wildman–Crippen MR) is 87.2 cm³/mol. The molecule has 0 radical (unpaired) electrons. The number of benzene rings is 2. The average Bonchev–Trinajstić information content (AvgIpc) is 2.54. The number of amides is 2. The van der Waals surface area contributed by atoms with Crippen molar-refractivity contribution in [2.75, 3.05) is 0 Å². The molecule has 22 heavy (non-hydrogen) atoms. The van der Waals surface area contributed by atoms with Gasteiger partial charge >= 0.3 is 0 Å². The van der Waals surface area contributed by atoms with E-state index in [9.17, 15) is 9.59 Å². The summed E-state index contributed by atoms with van der Waals surface area (Å²) in [5.41, 5.74) is 7.02. The zero-order valence-corrected chi connectivity index (χ0v) is 11.9. The lowest BCUT2D eigenvalue weighted by molar-refractivity contribution is -0.119. The summed E-state index contributed by atoms with van der Waals surface area (Å²) in [6.45, 7) is 0. The van der Waals surface area contributed by atoms with Crippen molar-refractivity contribution in [1.82, 2.24) is 5.32 Å². The number of carbonyl (C=O) groups is 2. The van der Waals surface area contributed by atoms with E-state index in [1.165, 1.54) is 12.2 Å². The van der Waals surface area contributed by atoms with Crippen LogP contribution in [0.3, 0.4) is 0 Å². The van der Waals surface area contributed by atoms with Gasteiger partial charge in [0.05, 0.1) is 0 Å². The maximum atomic E-state index is 11.9. The second-order valence-electron chi connectivity index (χ2n) is 4.57. The third-order valence-corrected chi connectivity index (χ3v) is 2.86. The van der Waals surface area contributed by atoms with Gasteiger partial charge in [-0.15, -0.1) is 0 Å². The first kappa shape index (κ1) is 15.3. The highest BCUT2D eigenvalue weighted by atomic mass is 16.2. The molecule has 0 aliphatic heterocycles. The second kappa shape index (κ2) is 7.59. The first-order valence-corrected chi connectivity index (χ1v) is 6.76. The van der Waals surface area contributed by atoms with Crippen molar-refractivity contribution in [2.24, 2.45) is 5.73 Å². The molecule has 0 bridgehead atoms. The summed E-state index contributed by atoms with van der Waals surface area (Å²) in [5.74, 6) is -1.10. The molecule has 0 saturated carbocycles. The standard InChI is InChI=1S/C18H16N2O2/c19-18(22)16(13-15-9-5-2-6-10-15)20-17(21)12-11-14-7-3-1-4-8-14/h1-13H,(H2,19,22)(H,20,21). The Hall–Kier alpha value is -3.14. The predicted octanol–water partition coefficient (Wildman–Crippen LogP) is 2.34. The molecule has 0 aromatic heterocycles. The molecular weight excluding hydrogens is 276 g/mol. The van der Waals surface area contributed by atoms with Crippen LogP contribution in [-0.4, -0.2) is 11.8 Å². The first-order chi connectivity index (χ1) is 10.6. The van der Waals surface area contributed by atoms with Crippen molar-refractivity contribution in [1.29, 1.82) is 0 Å². The highest BCUT2D eigenvalue weighted by Crippen LogP contribution is 2.05. The maximum absolute atomic E-state index is 11.9. The molecule has 0 atom stereocenters. The van der Waals surface area contributed by atoms with E-state index in [0.717, 1.165) is 11.1 Å². The highest BCUT2D eigenvalue weighted by Gasteiger charge is 2.07. The molecule has 4 nitrogen and oxygen atoms in total. The van der Waals surface area contributed by atoms with E-state index in [0.29, 0.717) is 0 Å². The summed E-state index contributed by atoms with van der Waals surface area (Å²) >= 11 is 0. The number of nitrogens with one attached hydrogen (secondary N) is 1. The van der Waals surface area contributed by atoms with Gasteiger partial charge in [0.1, 0.15) is 5.70 Å². The monoisotopic (exact) mass is 292 g/mol. The quantitative estimate of drug-likeness (QED) is 0.830. The van der Waals surface area contributed by atoms with Crippen LogP contribution in [0, 0.1) is 0 Å². The Morgan fingerprint density at radius 1 is 0.864 bits per heavy atom. The van der Waals surface area contributed by atoms with Gasteiger partial charge in [-0.2, -0.15) is 0 Å². The van der Waals surface area contributed by atoms with Crippen LogP contribution < -0.4 is 11.1 Å². The van der Waals surface area contributed by atoms with Crippen LogP contribution in [0.2, 0.25) is 0 Å². The fourth-order valence-corrected chi connectivity index (χ4v) is 1.80. The largest absolute Gasteiger partial charge is 0.364 e. The fraction of sp³-hybridized carbons (Fsp3) is 0. The van der Waals surface area contributed by atoms with Crippen molar-refractivity contribution in [3.05, 3.63) is 83.6 Å². The van der Waals surface area contributed by atoms with Gasteiger partial charge in [-0.1, -0.05) is 60.7 Å². The third-order valence-electron chi connectivity index (χ3n) is 2.86. The Morgan fingerprint density at radius 3 is 1.95 bits per heavy atom. The van der Waals surface area contributed by atoms with E-state index in [2.05, 4.69) is 5.32 Å². The molecule has 2 amide bonds. The Morgan fingerprint density at radius 2 is 1.41 bits per heavy atom. The van der Waals surface area contributed by atoms with E-state index in [4.69, 9.17) is 5.73 Å². The van der Waals surface area contributed by atoms with Gasteiger partial charge < -0.3 is 11.1 Å². The summed E-state index contributed by atoms with van der Waals surface area (Å²) in [7, 11) is 0. The lowest BCUT2D eigenvalue weighted by Gasteiger charge is -2.04. The van der Waals surface area contributed by atoms with Crippen LogP contribution in [0.4, 0.5) is 0 Å². The molecule has 3 N–H and O–H groups in total. The van der Waals surface area contributed by atoms with Crippen LogP contribution in [0.1, 0.15) is 11.1 Å². The van der Waals surface area contributed by atoms with Crippen molar-refractivity contribution in [3.63, 3.8) is 0 Å². The van der Waals surface area contributed by atoms with Crippen LogP contribution in [0.25, 0.3) is 12.2 Å². The van der Waals surface area contributed by atoms with Gasteiger partial charge in [-0.05, 0) is 23.3 Å². The first-order valence-electron chi connectivity index (χ1n) is 6.76. The number of rotatable bonds is 5. The molecule has 0 aliphatic carbocycles. The van der Waals surface area contributed by atoms with Gasteiger partial charge in [0.2, 0.25) is 5.91 Å². The van der Waals surface area contributed by atoms with E-state index in [-0.39, 0.29) is 5.70 Å². The summed E-state index contributed by atoms with van der Waals surface area (Å²) < 4.78 is 0. The van der Waals surface area contributed by atoms with Gasteiger partial charge in [0.25, 0.3) is 5.91 Å². The summed E-state index contributed by atoms with van der Waals surface area (Å²) in [4.78, 5) is 23.3. The molecular formula is C18H16N2O2. The van der Waals surface area contributed by atoms with Crippen molar-refractivity contribution < 1.29 is 9.59 Å². The molecule has 0 aliphatic rings. The molecule has 0 saturated heterocycles. The van der Waals surface area contributed by atoms with Crippen molar-refractivity contribution >= 4 is 24.0 Å². The normalized spacial score (nSPS) is 11.4. The topological polar surface area (TPSA) is 72.2 Å². The highest BCUT2D eigenvalue weighted by molar-refractivity contribution is 6.03. The van der Waals surface area contributed by atoms with Crippen molar-refractivity contribution in [2.45, 2.75) is 0 Å². The van der Waals surface area contributed by atoms with E-state index in [1.54, 1.807) is 6.08 Å². The molecule has 4 heteroatoms. The van der Waals surface area contributed by atoms with E-state index >= 15 is 0 Å². The minimum atomic E-state index is -0.690. The molecule has 2 aromatic rings. The van der Waals surface area contributed by atoms with Crippen molar-refractivity contribution in [3.8, 4) is 0 Å². The molecule has 2 rings (SSSR count). The summed E-state index contributed by atoms with van der Waals surface area (Å²) in [5, 5.41) is 2.50. The SMILES string of the molecule is NC(=O)C(=Cc1ccccc1)NC(=O)C=Cc1ccccc1. The molecule has 2 aromatic carbocycles. The number of hydrogen-bond donors (Lipinski definition) is 2. The minimum Gasteiger partial charge on any atom is -0.364 e. The molecule has 0 fully saturated rings. The average molecular weight is 292 g/mol. The molecule has 0 spiro atoms. The van der Waals surface area contributed by atoms with E-state index in [1.807, 2.05) is 60.7 Å². The summed E-state index contributed by atoms with van der Waals surface area (Å²) in [6.07, 6.45) is 4.56. The lowest BCUT2D eigenvalue weighted by Crippen LogP contribution is -2.29. The fourth-order valence-electron chi connectivity index (χ4n) is 1.80. The zero-order chi connectivity index (χ0) is 15.8. The Balaban J connectivity index is 2.08. The Labute approximate surface area is 129 Å². The number of carbonyl (C=O) groups excluding carboxylic acids is 2. The Kier molecular flexibility index (Phi) is 5.26. The number of hydrogen-bond acceptors (Lipinski definition) is 2. The third kappa shape index (κ3) is 4.76. The molecule has 0 heterocycles. The van der Waals surface area contributed by atoms with Gasteiger partial charge in [0, 0.05) is 6.08 Å². The van der Waals surface area contributed by atoms with Crippen LogP contribution in [0.15, 0.2) is 72.4 Å². The maximum Gasteiger partial charge on any atom is 0.265 e. The van der Waals surface area contributed by atoms with Crippen LogP contribution >= 0.6 is 0 Å². The zero-order valence-electron chi connectivity index (χ0n) is 11.9. The van der Waals surface area contributed by atoms with Crippen LogP contribution in [-0.2, 0) is 9.59 Å². The summed E-state index contributed by atoms with van der Waals surface area (Å²) in [6, 6.07) is 18.6. The number of nitrogens with two attached hydrogens (primary N) is 1. The van der Waals surface area contributed by atoms with Gasteiger partial charge in [-0.25, -0.2) is 0 Å². The minimum absolute atomic E-state index is 0.0499. The van der Waals surface area contributed by atoms with Crippen LogP contribution in [0.5, 0.6) is 0 Å². The molecule has 110 valence electrons. The van der Waals surface area contributed by atoms with Gasteiger partial charge in [-0.3, -0.25) is 9.59 Å². The Bertz CT molecular complexity index is 704.